The lowest BCUT2D eigenvalue weighted by Crippen LogP contribution is -2.30. The van der Waals surface area contributed by atoms with E-state index in [1.165, 1.54) is 5.56 Å². The summed E-state index contributed by atoms with van der Waals surface area (Å²) in [5.41, 5.74) is 6.05. The molecule has 4 aromatic rings. The third kappa shape index (κ3) is 3.47. The lowest BCUT2D eigenvalue weighted by atomic mass is 10.0. The SMILES string of the molecule is CCN(C(=O)c1cc(-c2ccc(C)cc2)nc2c1c(C)nn2CC)c1ccccc1. The minimum atomic E-state index is -0.0387. The van der Waals surface area contributed by atoms with E-state index in [4.69, 9.17) is 4.98 Å². The maximum absolute atomic E-state index is 13.7. The number of benzene rings is 2. The summed E-state index contributed by atoms with van der Waals surface area (Å²) >= 11 is 0. The van der Waals surface area contributed by atoms with Crippen molar-refractivity contribution < 1.29 is 4.79 Å². The molecule has 0 bridgehead atoms. The van der Waals surface area contributed by atoms with Crippen molar-refractivity contribution >= 4 is 22.6 Å². The van der Waals surface area contributed by atoms with Gasteiger partial charge in [0, 0.05) is 24.3 Å². The molecule has 2 heterocycles. The van der Waals surface area contributed by atoms with Crippen molar-refractivity contribution in [2.24, 2.45) is 0 Å². The summed E-state index contributed by atoms with van der Waals surface area (Å²) in [5.74, 6) is -0.0387. The largest absolute Gasteiger partial charge is 0.309 e. The molecular formula is C25H26N4O. The Kier molecular flexibility index (Phi) is 5.36. The van der Waals surface area contributed by atoms with Crippen molar-refractivity contribution in [1.82, 2.24) is 14.8 Å². The van der Waals surface area contributed by atoms with Gasteiger partial charge in [-0.15, -0.1) is 0 Å². The molecule has 0 atom stereocenters. The van der Waals surface area contributed by atoms with Crippen LogP contribution in [0.25, 0.3) is 22.3 Å². The molecule has 152 valence electrons. The normalized spacial score (nSPS) is 11.1. The summed E-state index contributed by atoms with van der Waals surface area (Å²) in [4.78, 5) is 20.4. The zero-order chi connectivity index (χ0) is 21.3. The van der Waals surface area contributed by atoms with Gasteiger partial charge in [-0.05, 0) is 45.9 Å². The molecule has 4 rings (SSSR count). The van der Waals surface area contributed by atoms with Crippen molar-refractivity contribution in [1.29, 1.82) is 0 Å². The minimum absolute atomic E-state index is 0.0387. The molecule has 1 amide bonds. The highest BCUT2D eigenvalue weighted by Gasteiger charge is 2.24. The molecule has 0 spiro atoms. The van der Waals surface area contributed by atoms with E-state index in [-0.39, 0.29) is 5.91 Å². The lowest BCUT2D eigenvalue weighted by molar-refractivity contribution is 0.0990. The van der Waals surface area contributed by atoms with Gasteiger partial charge in [-0.3, -0.25) is 4.79 Å². The van der Waals surface area contributed by atoms with E-state index in [0.29, 0.717) is 18.7 Å². The van der Waals surface area contributed by atoms with E-state index >= 15 is 0 Å². The summed E-state index contributed by atoms with van der Waals surface area (Å²) in [5, 5.41) is 5.47. The molecule has 0 N–H and O–H groups in total. The number of amides is 1. The van der Waals surface area contributed by atoms with E-state index in [1.54, 1.807) is 4.90 Å². The van der Waals surface area contributed by atoms with Gasteiger partial charge in [-0.1, -0.05) is 48.0 Å². The molecule has 2 aromatic carbocycles. The number of hydrogen-bond donors (Lipinski definition) is 0. The smallest absolute Gasteiger partial charge is 0.259 e. The molecule has 5 heteroatoms. The number of fused-ring (bicyclic) bond motifs is 1. The Hall–Kier alpha value is -3.47. The highest BCUT2D eigenvalue weighted by atomic mass is 16.2. The minimum Gasteiger partial charge on any atom is -0.309 e. The average Bonchev–Trinajstić information content (AvgIpc) is 3.10. The number of anilines is 1. The molecular weight excluding hydrogens is 372 g/mol. The van der Waals surface area contributed by atoms with Crippen molar-refractivity contribution in [2.75, 3.05) is 11.4 Å². The summed E-state index contributed by atoms with van der Waals surface area (Å²) in [7, 11) is 0. The average molecular weight is 399 g/mol. The molecule has 0 unspecified atom stereocenters. The third-order valence-corrected chi connectivity index (χ3v) is 5.38. The number of aryl methyl sites for hydroxylation is 3. The molecule has 0 aliphatic carbocycles. The maximum Gasteiger partial charge on any atom is 0.259 e. The third-order valence-electron chi connectivity index (χ3n) is 5.38. The Morgan fingerprint density at radius 1 is 1.00 bits per heavy atom. The second kappa shape index (κ2) is 8.11. The summed E-state index contributed by atoms with van der Waals surface area (Å²) in [6, 6.07) is 19.9. The fourth-order valence-electron chi connectivity index (χ4n) is 3.81. The Morgan fingerprint density at radius 2 is 1.70 bits per heavy atom. The molecule has 0 saturated heterocycles. The monoisotopic (exact) mass is 398 g/mol. The topological polar surface area (TPSA) is 51.0 Å². The summed E-state index contributed by atoms with van der Waals surface area (Å²) in [6.07, 6.45) is 0. The van der Waals surface area contributed by atoms with Gasteiger partial charge in [-0.2, -0.15) is 5.10 Å². The van der Waals surface area contributed by atoms with Crippen LogP contribution in [0.3, 0.4) is 0 Å². The molecule has 5 nitrogen and oxygen atoms in total. The highest BCUT2D eigenvalue weighted by molar-refractivity contribution is 6.14. The van der Waals surface area contributed by atoms with E-state index in [0.717, 1.165) is 33.7 Å². The van der Waals surface area contributed by atoms with Gasteiger partial charge in [-0.25, -0.2) is 9.67 Å². The Balaban J connectivity index is 1.94. The predicted molar refractivity (Wildman–Crippen MR) is 122 cm³/mol. The van der Waals surface area contributed by atoms with Crippen LogP contribution in [0.15, 0.2) is 60.7 Å². The van der Waals surface area contributed by atoms with Crippen LogP contribution in [-0.2, 0) is 6.54 Å². The number of nitrogens with zero attached hydrogens (tertiary/aromatic N) is 4. The predicted octanol–water partition coefficient (Wildman–Crippen LogP) is 5.40. The number of rotatable bonds is 5. The van der Waals surface area contributed by atoms with Crippen LogP contribution in [-0.4, -0.2) is 27.2 Å². The number of aromatic nitrogens is 3. The van der Waals surface area contributed by atoms with E-state index < -0.39 is 0 Å². The Morgan fingerprint density at radius 3 is 2.33 bits per heavy atom. The zero-order valence-electron chi connectivity index (χ0n) is 17.9. The van der Waals surface area contributed by atoms with Crippen LogP contribution in [0.1, 0.15) is 35.5 Å². The molecule has 0 saturated carbocycles. The lowest BCUT2D eigenvalue weighted by Gasteiger charge is -2.22. The Bertz CT molecular complexity index is 1190. The van der Waals surface area contributed by atoms with Crippen LogP contribution >= 0.6 is 0 Å². The van der Waals surface area contributed by atoms with Crippen LogP contribution in [0.5, 0.6) is 0 Å². The molecule has 0 radical (unpaired) electrons. The quantitative estimate of drug-likeness (QED) is 0.452. The van der Waals surface area contributed by atoms with Crippen molar-refractivity contribution in [3.63, 3.8) is 0 Å². The first-order valence-corrected chi connectivity index (χ1v) is 10.4. The standard InChI is InChI=1S/C25H26N4O/c1-5-28(20-10-8-7-9-11-20)25(30)21-16-22(19-14-12-17(3)13-15-19)26-24-23(21)18(4)27-29(24)6-2/h7-16H,5-6H2,1-4H3. The maximum atomic E-state index is 13.7. The van der Waals surface area contributed by atoms with E-state index in [2.05, 4.69) is 24.2 Å². The van der Waals surface area contributed by atoms with Gasteiger partial charge in [0.15, 0.2) is 5.65 Å². The van der Waals surface area contributed by atoms with Crippen molar-refractivity contribution in [2.45, 2.75) is 34.2 Å². The van der Waals surface area contributed by atoms with E-state index in [1.807, 2.05) is 74.0 Å². The van der Waals surface area contributed by atoms with Crippen LogP contribution in [0, 0.1) is 13.8 Å². The van der Waals surface area contributed by atoms with Crippen LogP contribution < -0.4 is 4.90 Å². The Labute approximate surface area is 177 Å². The molecule has 0 fully saturated rings. The number of pyridine rings is 1. The number of carbonyl (C=O) groups excluding carboxylic acids is 1. The van der Waals surface area contributed by atoms with Crippen molar-refractivity contribution in [3.05, 3.63) is 77.5 Å². The first-order valence-electron chi connectivity index (χ1n) is 10.4. The van der Waals surface area contributed by atoms with Gasteiger partial charge in [0.25, 0.3) is 5.91 Å². The first kappa shape index (κ1) is 19.8. The molecule has 0 aliphatic heterocycles. The number of para-hydroxylation sites is 1. The molecule has 0 aliphatic rings. The highest BCUT2D eigenvalue weighted by Crippen LogP contribution is 2.29. The fourth-order valence-corrected chi connectivity index (χ4v) is 3.81. The zero-order valence-corrected chi connectivity index (χ0v) is 17.9. The van der Waals surface area contributed by atoms with Crippen molar-refractivity contribution in [3.8, 4) is 11.3 Å². The van der Waals surface area contributed by atoms with Gasteiger partial charge < -0.3 is 4.90 Å². The van der Waals surface area contributed by atoms with Gasteiger partial charge in [0.05, 0.1) is 22.3 Å². The van der Waals surface area contributed by atoms with Crippen LogP contribution in [0.4, 0.5) is 5.69 Å². The van der Waals surface area contributed by atoms with Gasteiger partial charge in [0.1, 0.15) is 0 Å². The summed E-state index contributed by atoms with van der Waals surface area (Å²) in [6.45, 7) is 9.30. The first-order chi connectivity index (χ1) is 14.5. The number of carbonyl (C=O) groups is 1. The molecule has 2 aromatic heterocycles. The van der Waals surface area contributed by atoms with Gasteiger partial charge >= 0.3 is 0 Å². The fraction of sp³-hybridized carbons (Fsp3) is 0.240. The number of hydrogen-bond acceptors (Lipinski definition) is 3. The second-order valence-electron chi connectivity index (χ2n) is 7.41. The second-order valence-corrected chi connectivity index (χ2v) is 7.41. The van der Waals surface area contributed by atoms with Gasteiger partial charge in [0.2, 0.25) is 0 Å². The summed E-state index contributed by atoms with van der Waals surface area (Å²) < 4.78 is 1.87. The van der Waals surface area contributed by atoms with Crippen LogP contribution in [0.2, 0.25) is 0 Å². The van der Waals surface area contributed by atoms with E-state index in [9.17, 15) is 4.79 Å². The molecule has 30 heavy (non-hydrogen) atoms.